The Hall–Kier alpha value is -1.89. The van der Waals surface area contributed by atoms with Gasteiger partial charge in [-0.25, -0.2) is 4.79 Å². The Labute approximate surface area is 128 Å². The van der Waals surface area contributed by atoms with Crippen LogP contribution in [0.2, 0.25) is 0 Å². The summed E-state index contributed by atoms with van der Waals surface area (Å²) in [5.41, 5.74) is -1.05. The normalized spacial score (nSPS) is 22.7. The Morgan fingerprint density at radius 2 is 1.77 bits per heavy atom. The largest absolute Gasteiger partial charge is 0.391 e. The first-order chi connectivity index (χ1) is 10.4. The van der Waals surface area contributed by atoms with Gasteiger partial charge in [0.1, 0.15) is 5.69 Å². The van der Waals surface area contributed by atoms with Crippen LogP contribution in [0.3, 0.4) is 0 Å². The van der Waals surface area contributed by atoms with Crippen LogP contribution in [-0.4, -0.2) is 32.3 Å². The Bertz CT molecular complexity index is 662. The lowest BCUT2D eigenvalue weighted by molar-refractivity contribution is 0.0763. The third kappa shape index (κ3) is 3.47. The average molecular weight is 309 g/mol. The van der Waals surface area contributed by atoms with Gasteiger partial charge in [0.2, 0.25) is 0 Å². The minimum Gasteiger partial charge on any atom is -0.391 e. The first-order valence-electron chi connectivity index (χ1n) is 7.68. The van der Waals surface area contributed by atoms with Crippen LogP contribution in [0.15, 0.2) is 15.7 Å². The molecule has 7 heteroatoms. The predicted molar refractivity (Wildman–Crippen MR) is 81.9 cm³/mol. The van der Waals surface area contributed by atoms with Gasteiger partial charge in [0, 0.05) is 20.2 Å². The van der Waals surface area contributed by atoms with Crippen LogP contribution in [0.25, 0.3) is 0 Å². The van der Waals surface area contributed by atoms with Gasteiger partial charge in [-0.2, -0.15) is 0 Å². The molecule has 2 N–H and O–H groups in total. The molecule has 1 fully saturated rings. The van der Waals surface area contributed by atoms with Crippen LogP contribution >= 0.6 is 0 Å². The maximum absolute atomic E-state index is 12.4. The molecule has 0 spiro atoms. The lowest BCUT2D eigenvalue weighted by Gasteiger charge is -2.26. The third-order valence-electron chi connectivity index (χ3n) is 4.30. The van der Waals surface area contributed by atoms with Crippen molar-refractivity contribution in [1.29, 1.82) is 0 Å². The second-order valence-corrected chi connectivity index (χ2v) is 5.91. The summed E-state index contributed by atoms with van der Waals surface area (Å²) in [5, 5.41) is 12.9. The number of rotatable bonds is 2. The van der Waals surface area contributed by atoms with Gasteiger partial charge in [0.15, 0.2) is 0 Å². The van der Waals surface area contributed by atoms with Gasteiger partial charge in [0.25, 0.3) is 11.5 Å². The zero-order chi connectivity index (χ0) is 16.3. The molecule has 0 aliphatic heterocycles. The van der Waals surface area contributed by atoms with Gasteiger partial charge in [-0.15, -0.1) is 0 Å². The number of carbonyl (C=O) groups is 1. The summed E-state index contributed by atoms with van der Waals surface area (Å²) in [6.07, 6.45) is 4.83. The highest BCUT2D eigenvalue weighted by molar-refractivity contribution is 5.92. The standard InChI is InChI=1S/C15H23N3O4/c1-17-11(9-13(20)18(2)15(17)22)14(21)16-10-7-5-3-4-6-8-12(10)19/h9-10,12,19H,3-8H2,1-2H3,(H,16,21)/t10-,12-/m0/s1. The lowest BCUT2D eigenvalue weighted by Crippen LogP contribution is -2.47. The van der Waals surface area contributed by atoms with Gasteiger partial charge < -0.3 is 10.4 Å². The summed E-state index contributed by atoms with van der Waals surface area (Å²) < 4.78 is 2.09. The van der Waals surface area contributed by atoms with Gasteiger partial charge in [-0.1, -0.05) is 25.7 Å². The van der Waals surface area contributed by atoms with Crippen LogP contribution in [0.4, 0.5) is 0 Å². The lowest BCUT2D eigenvalue weighted by atomic mass is 9.94. The molecule has 2 atom stereocenters. The van der Waals surface area contributed by atoms with Crippen molar-refractivity contribution in [3.8, 4) is 0 Å². The molecule has 2 rings (SSSR count). The molecule has 1 aromatic rings. The zero-order valence-corrected chi connectivity index (χ0v) is 13.0. The maximum atomic E-state index is 12.4. The van der Waals surface area contributed by atoms with Crippen molar-refractivity contribution in [2.24, 2.45) is 14.1 Å². The number of nitrogens with zero attached hydrogens (tertiary/aromatic N) is 2. The third-order valence-corrected chi connectivity index (χ3v) is 4.30. The van der Waals surface area contributed by atoms with E-state index in [1.54, 1.807) is 0 Å². The number of amides is 1. The monoisotopic (exact) mass is 309 g/mol. The molecular weight excluding hydrogens is 286 g/mol. The Morgan fingerprint density at radius 3 is 2.45 bits per heavy atom. The first-order valence-corrected chi connectivity index (χ1v) is 7.68. The van der Waals surface area contributed by atoms with E-state index < -0.39 is 23.3 Å². The Morgan fingerprint density at radius 1 is 1.14 bits per heavy atom. The molecule has 1 aromatic heterocycles. The fraction of sp³-hybridized carbons (Fsp3) is 0.667. The molecule has 7 nitrogen and oxygen atoms in total. The van der Waals surface area contributed by atoms with E-state index in [1.807, 2.05) is 0 Å². The average Bonchev–Trinajstić information content (AvgIpc) is 2.48. The molecule has 1 aliphatic rings. The minimum atomic E-state index is -0.590. The number of nitrogens with one attached hydrogen (secondary N) is 1. The number of hydrogen-bond acceptors (Lipinski definition) is 4. The molecule has 1 heterocycles. The molecule has 1 saturated carbocycles. The van der Waals surface area contributed by atoms with E-state index in [0.717, 1.165) is 40.9 Å². The summed E-state index contributed by atoms with van der Waals surface area (Å²) in [7, 11) is 2.82. The summed E-state index contributed by atoms with van der Waals surface area (Å²) in [5.74, 6) is -0.498. The van der Waals surface area contributed by atoms with E-state index >= 15 is 0 Å². The van der Waals surface area contributed by atoms with Crippen LogP contribution in [0.1, 0.15) is 49.0 Å². The number of aliphatic hydroxyl groups excluding tert-OH is 1. The summed E-state index contributed by atoms with van der Waals surface area (Å²) in [6, 6.07) is 0.804. The van der Waals surface area contributed by atoms with Crippen LogP contribution < -0.4 is 16.6 Å². The number of hydrogen-bond donors (Lipinski definition) is 2. The minimum absolute atomic E-state index is 0.0161. The fourth-order valence-corrected chi connectivity index (χ4v) is 2.83. The van der Waals surface area contributed by atoms with Crippen LogP contribution in [0.5, 0.6) is 0 Å². The van der Waals surface area contributed by atoms with Crippen molar-refractivity contribution >= 4 is 5.91 Å². The van der Waals surface area contributed by atoms with Gasteiger partial charge >= 0.3 is 5.69 Å². The second-order valence-electron chi connectivity index (χ2n) is 5.91. The topological polar surface area (TPSA) is 93.3 Å². The molecule has 0 unspecified atom stereocenters. The van der Waals surface area contributed by atoms with E-state index in [1.165, 1.54) is 14.1 Å². The van der Waals surface area contributed by atoms with Crippen molar-refractivity contribution in [3.05, 3.63) is 32.6 Å². The highest BCUT2D eigenvalue weighted by Gasteiger charge is 2.24. The molecule has 1 amide bonds. The number of aliphatic hydroxyl groups is 1. The van der Waals surface area contributed by atoms with Crippen molar-refractivity contribution in [1.82, 2.24) is 14.5 Å². The smallest absolute Gasteiger partial charge is 0.331 e. The molecule has 122 valence electrons. The van der Waals surface area contributed by atoms with Crippen molar-refractivity contribution in [2.75, 3.05) is 0 Å². The van der Waals surface area contributed by atoms with Gasteiger partial charge in [0.05, 0.1) is 12.1 Å². The SMILES string of the molecule is Cn1c(C(=O)N[C@H]2CCCCCC[C@@H]2O)cc(=O)n(C)c1=O. The molecule has 0 radical (unpaired) electrons. The summed E-state index contributed by atoms with van der Waals surface area (Å²) >= 11 is 0. The first kappa shape index (κ1) is 16.5. The number of carbonyl (C=O) groups excluding carboxylic acids is 1. The molecule has 0 bridgehead atoms. The molecule has 1 aliphatic carbocycles. The van der Waals surface area contributed by atoms with E-state index in [-0.39, 0.29) is 11.7 Å². The van der Waals surface area contributed by atoms with Crippen LogP contribution in [-0.2, 0) is 14.1 Å². The molecule has 0 saturated heterocycles. The second kappa shape index (κ2) is 6.91. The highest BCUT2D eigenvalue weighted by Crippen LogP contribution is 2.18. The van der Waals surface area contributed by atoms with E-state index in [0.29, 0.717) is 12.8 Å². The summed E-state index contributed by atoms with van der Waals surface area (Å²) in [6.45, 7) is 0. The maximum Gasteiger partial charge on any atom is 0.331 e. The van der Waals surface area contributed by atoms with E-state index in [9.17, 15) is 19.5 Å². The molecule has 22 heavy (non-hydrogen) atoms. The Kier molecular flexibility index (Phi) is 5.18. The van der Waals surface area contributed by atoms with Gasteiger partial charge in [-0.3, -0.25) is 18.7 Å². The Balaban J connectivity index is 2.21. The molecule has 0 aromatic carbocycles. The highest BCUT2D eigenvalue weighted by atomic mass is 16.3. The zero-order valence-electron chi connectivity index (χ0n) is 13.0. The van der Waals surface area contributed by atoms with Gasteiger partial charge in [-0.05, 0) is 12.8 Å². The van der Waals surface area contributed by atoms with Crippen molar-refractivity contribution in [2.45, 2.75) is 50.7 Å². The molecular formula is C15H23N3O4. The van der Waals surface area contributed by atoms with E-state index in [2.05, 4.69) is 5.32 Å². The quantitative estimate of drug-likeness (QED) is 0.797. The van der Waals surface area contributed by atoms with Crippen molar-refractivity contribution in [3.63, 3.8) is 0 Å². The fourth-order valence-electron chi connectivity index (χ4n) is 2.83. The number of aromatic nitrogens is 2. The predicted octanol–water partition coefficient (Wildman–Crippen LogP) is -0.103. The van der Waals surface area contributed by atoms with Crippen molar-refractivity contribution < 1.29 is 9.90 Å². The van der Waals surface area contributed by atoms with Crippen LogP contribution in [0, 0.1) is 0 Å². The summed E-state index contributed by atoms with van der Waals surface area (Å²) in [4.78, 5) is 35.9. The van der Waals surface area contributed by atoms with E-state index in [4.69, 9.17) is 0 Å².